The molecular weight excluding hydrogens is 264 g/mol. The van der Waals surface area contributed by atoms with E-state index in [2.05, 4.69) is 12.1 Å². The van der Waals surface area contributed by atoms with E-state index in [9.17, 15) is 0 Å². The summed E-state index contributed by atoms with van der Waals surface area (Å²) in [6.07, 6.45) is 0. The normalized spacial score (nSPS) is 10.2. The number of benzene rings is 2. The molecule has 0 aliphatic carbocycles. The molecule has 0 saturated heterocycles. The van der Waals surface area contributed by atoms with Gasteiger partial charge in [0, 0.05) is 5.56 Å². The topological polar surface area (TPSA) is 27.7 Å². The van der Waals surface area contributed by atoms with Gasteiger partial charge in [0.2, 0.25) is 5.75 Å². The van der Waals surface area contributed by atoms with Gasteiger partial charge in [0.15, 0.2) is 11.5 Å². The second-order valence-corrected chi connectivity index (χ2v) is 4.43. The lowest BCUT2D eigenvalue weighted by molar-refractivity contribution is 0.261. The second-order valence-electron chi connectivity index (χ2n) is 4.43. The molecule has 2 aromatic rings. The third kappa shape index (κ3) is 3.48. The first-order valence-electron chi connectivity index (χ1n) is 7.42. The number of hydrogen-bond donors (Lipinski definition) is 0. The van der Waals surface area contributed by atoms with E-state index in [1.54, 1.807) is 0 Å². The van der Waals surface area contributed by atoms with E-state index in [-0.39, 0.29) is 0 Å². The van der Waals surface area contributed by atoms with Crippen LogP contribution in [0.3, 0.4) is 0 Å². The molecule has 0 aliphatic heterocycles. The Morgan fingerprint density at radius 2 is 1.29 bits per heavy atom. The van der Waals surface area contributed by atoms with Gasteiger partial charge < -0.3 is 14.2 Å². The first-order chi connectivity index (χ1) is 10.3. The lowest BCUT2D eigenvalue weighted by Crippen LogP contribution is -2.03. The monoisotopic (exact) mass is 286 g/mol. The summed E-state index contributed by atoms with van der Waals surface area (Å²) in [6, 6.07) is 14.1. The zero-order chi connectivity index (χ0) is 15.1. The highest BCUT2D eigenvalue weighted by molar-refractivity contribution is 5.76. The maximum absolute atomic E-state index is 5.86. The van der Waals surface area contributed by atoms with Crippen molar-refractivity contribution in [3.05, 3.63) is 42.5 Å². The summed E-state index contributed by atoms with van der Waals surface area (Å²) in [6.45, 7) is 7.63. The first kappa shape index (κ1) is 15.2. The summed E-state index contributed by atoms with van der Waals surface area (Å²) in [4.78, 5) is 0. The fourth-order valence-corrected chi connectivity index (χ4v) is 2.23. The highest BCUT2D eigenvalue weighted by atomic mass is 16.5. The quantitative estimate of drug-likeness (QED) is 0.747. The van der Waals surface area contributed by atoms with Crippen LogP contribution in [0.1, 0.15) is 20.8 Å². The van der Waals surface area contributed by atoms with Crippen LogP contribution in [-0.4, -0.2) is 19.8 Å². The summed E-state index contributed by atoms with van der Waals surface area (Å²) in [5.74, 6) is 2.15. The summed E-state index contributed by atoms with van der Waals surface area (Å²) in [5.41, 5.74) is 2.12. The average molecular weight is 286 g/mol. The Hall–Kier alpha value is -2.16. The van der Waals surface area contributed by atoms with Gasteiger partial charge in [0.1, 0.15) is 0 Å². The minimum atomic E-state index is 0.568. The minimum Gasteiger partial charge on any atom is -0.490 e. The molecule has 0 N–H and O–H groups in total. The third-order valence-electron chi connectivity index (χ3n) is 3.04. The van der Waals surface area contributed by atoms with Crippen molar-refractivity contribution in [1.82, 2.24) is 0 Å². The molecule has 0 atom stereocenters. The zero-order valence-corrected chi connectivity index (χ0v) is 12.9. The second kappa shape index (κ2) is 7.58. The Balaban J connectivity index is 2.57. The van der Waals surface area contributed by atoms with Crippen LogP contribution in [0.4, 0.5) is 0 Å². The summed E-state index contributed by atoms with van der Waals surface area (Å²) >= 11 is 0. The number of rotatable bonds is 7. The Bertz CT molecular complexity index is 564. The largest absolute Gasteiger partial charge is 0.490 e. The molecule has 2 aromatic carbocycles. The van der Waals surface area contributed by atoms with Crippen LogP contribution in [-0.2, 0) is 0 Å². The predicted molar refractivity (Wildman–Crippen MR) is 85.4 cm³/mol. The molecule has 0 aliphatic rings. The molecule has 0 spiro atoms. The summed E-state index contributed by atoms with van der Waals surface area (Å²) in [7, 11) is 0. The highest BCUT2D eigenvalue weighted by Crippen LogP contribution is 2.44. The van der Waals surface area contributed by atoms with E-state index in [4.69, 9.17) is 14.2 Å². The molecule has 0 radical (unpaired) electrons. The molecule has 2 rings (SSSR count). The molecule has 112 valence electrons. The van der Waals surface area contributed by atoms with Crippen LogP contribution in [0.15, 0.2) is 42.5 Å². The summed E-state index contributed by atoms with van der Waals surface area (Å²) < 4.78 is 17.3. The molecule has 0 saturated carbocycles. The summed E-state index contributed by atoms with van der Waals surface area (Å²) in [5, 5.41) is 0. The highest BCUT2D eigenvalue weighted by Gasteiger charge is 2.18. The van der Waals surface area contributed by atoms with Crippen molar-refractivity contribution in [1.29, 1.82) is 0 Å². The lowest BCUT2D eigenvalue weighted by Gasteiger charge is -2.18. The third-order valence-corrected chi connectivity index (χ3v) is 3.04. The van der Waals surface area contributed by atoms with Crippen molar-refractivity contribution in [3.8, 4) is 28.4 Å². The molecule has 0 unspecified atom stereocenters. The van der Waals surface area contributed by atoms with E-state index in [1.807, 2.05) is 51.1 Å². The van der Waals surface area contributed by atoms with Crippen LogP contribution in [0.5, 0.6) is 17.2 Å². The Morgan fingerprint density at radius 1 is 0.667 bits per heavy atom. The first-order valence-corrected chi connectivity index (χ1v) is 7.42. The van der Waals surface area contributed by atoms with Gasteiger partial charge in [-0.2, -0.15) is 0 Å². The van der Waals surface area contributed by atoms with E-state index in [0.29, 0.717) is 25.6 Å². The van der Waals surface area contributed by atoms with Crippen molar-refractivity contribution < 1.29 is 14.2 Å². The van der Waals surface area contributed by atoms with E-state index in [1.165, 1.54) is 0 Å². The van der Waals surface area contributed by atoms with Crippen molar-refractivity contribution in [3.63, 3.8) is 0 Å². The zero-order valence-electron chi connectivity index (χ0n) is 12.9. The standard InChI is InChI=1S/C18H22O3/c1-4-19-16-13-12-15(14-10-8-7-9-11-14)17(20-5-2)18(16)21-6-3/h7-13H,4-6H2,1-3H3. The van der Waals surface area contributed by atoms with Gasteiger partial charge in [-0.1, -0.05) is 30.3 Å². The minimum absolute atomic E-state index is 0.568. The van der Waals surface area contributed by atoms with Crippen molar-refractivity contribution in [2.75, 3.05) is 19.8 Å². The molecule has 21 heavy (non-hydrogen) atoms. The van der Waals surface area contributed by atoms with Gasteiger partial charge in [0.25, 0.3) is 0 Å². The Kier molecular flexibility index (Phi) is 5.50. The van der Waals surface area contributed by atoms with E-state index in [0.717, 1.165) is 22.6 Å². The molecule has 0 fully saturated rings. The average Bonchev–Trinajstić information content (AvgIpc) is 2.52. The van der Waals surface area contributed by atoms with Gasteiger partial charge in [0.05, 0.1) is 19.8 Å². The SMILES string of the molecule is CCOc1ccc(-c2ccccc2)c(OCC)c1OCC. The van der Waals surface area contributed by atoms with Crippen LogP contribution >= 0.6 is 0 Å². The number of ether oxygens (including phenoxy) is 3. The van der Waals surface area contributed by atoms with Crippen molar-refractivity contribution in [2.24, 2.45) is 0 Å². The van der Waals surface area contributed by atoms with Crippen LogP contribution in [0, 0.1) is 0 Å². The van der Waals surface area contributed by atoms with Gasteiger partial charge >= 0.3 is 0 Å². The Labute approximate surface area is 126 Å². The molecule has 0 bridgehead atoms. The smallest absolute Gasteiger partial charge is 0.204 e. The van der Waals surface area contributed by atoms with Gasteiger partial charge in [-0.3, -0.25) is 0 Å². The van der Waals surface area contributed by atoms with Crippen LogP contribution in [0.25, 0.3) is 11.1 Å². The van der Waals surface area contributed by atoms with E-state index < -0.39 is 0 Å². The predicted octanol–water partition coefficient (Wildman–Crippen LogP) is 4.55. The van der Waals surface area contributed by atoms with Crippen LogP contribution in [0.2, 0.25) is 0 Å². The molecule has 3 nitrogen and oxygen atoms in total. The van der Waals surface area contributed by atoms with Gasteiger partial charge in [-0.05, 0) is 38.5 Å². The number of hydrogen-bond acceptors (Lipinski definition) is 3. The molecule has 0 aromatic heterocycles. The fourth-order valence-electron chi connectivity index (χ4n) is 2.23. The molecular formula is C18H22O3. The molecule has 3 heteroatoms. The van der Waals surface area contributed by atoms with Crippen LogP contribution < -0.4 is 14.2 Å². The van der Waals surface area contributed by atoms with E-state index >= 15 is 0 Å². The molecule has 0 amide bonds. The van der Waals surface area contributed by atoms with Crippen molar-refractivity contribution >= 4 is 0 Å². The molecule has 0 heterocycles. The maximum atomic E-state index is 5.86. The lowest BCUT2D eigenvalue weighted by atomic mass is 10.0. The Morgan fingerprint density at radius 3 is 1.90 bits per heavy atom. The fraction of sp³-hybridized carbons (Fsp3) is 0.333. The van der Waals surface area contributed by atoms with Gasteiger partial charge in [-0.15, -0.1) is 0 Å². The van der Waals surface area contributed by atoms with Crippen molar-refractivity contribution in [2.45, 2.75) is 20.8 Å². The maximum Gasteiger partial charge on any atom is 0.204 e. The van der Waals surface area contributed by atoms with Gasteiger partial charge in [-0.25, -0.2) is 0 Å².